The number of oxime groups is 1. The number of hydrogen-bond acceptors (Lipinski definition) is 6. The first-order valence-corrected chi connectivity index (χ1v) is 6.34. The largest absolute Gasteiger partial charge is 0.490 e. The summed E-state index contributed by atoms with van der Waals surface area (Å²) in [5, 5.41) is 14.3. The summed E-state index contributed by atoms with van der Waals surface area (Å²) in [5.41, 5.74) is -0.193. The molecule has 0 unspecified atom stereocenters. The van der Waals surface area contributed by atoms with Crippen molar-refractivity contribution in [2.45, 2.75) is 0 Å². The van der Waals surface area contributed by atoms with E-state index in [1.165, 1.54) is 43.5 Å². The van der Waals surface area contributed by atoms with Gasteiger partial charge < -0.3 is 9.57 Å². The zero-order valence-electron chi connectivity index (χ0n) is 11.9. The van der Waals surface area contributed by atoms with Gasteiger partial charge in [-0.3, -0.25) is 10.1 Å². The Bertz CT molecular complexity index is 776. The zero-order valence-corrected chi connectivity index (χ0v) is 11.9. The van der Waals surface area contributed by atoms with E-state index in [9.17, 15) is 19.3 Å². The summed E-state index contributed by atoms with van der Waals surface area (Å²) >= 11 is 0. The summed E-state index contributed by atoms with van der Waals surface area (Å²) in [4.78, 5) is 26.5. The van der Waals surface area contributed by atoms with E-state index in [1.54, 1.807) is 0 Å². The van der Waals surface area contributed by atoms with E-state index in [0.717, 1.165) is 12.3 Å². The molecule has 118 valence electrons. The summed E-state index contributed by atoms with van der Waals surface area (Å²) in [7, 11) is 1.31. The Morgan fingerprint density at radius 2 is 2.04 bits per heavy atom. The fourth-order valence-corrected chi connectivity index (χ4v) is 1.74. The molecule has 0 fully saturated rings. The third-order valence-corrected chi connectivity index (χ3v) is 2.83. The smallest absolute Gasteiger partial charge is 0.368 e. The summed E-state index contributed by atoms with van der Waals surface area (Å²) < 4.78 is 18.2. The predicted molar refractivity (Wildman–Crippen MR) is 79.1 cm³/mol. The van der Waals surface area contributed by atoms with E-state index in [0.29, 0.717) is 5.56 Å². The number of carbonyl (C=O) groups is 1. The molecule has 2 rings (SSSR count). The van der Waals surface area contributed by atoms with Crippen molar-refractivity contribution in [2.24, 2.45) is 5.16 Å². The molecule has 0 aliphatic heterocycles. The summed E-state index contributed by atoms with van der Waals surface area (Å²) in [5.74, 6) is -1.61. The first kappa shape index (κ1) is 16.1. The number of nitrogens with zero attached hydrogens (tertiary/aromatic N) is 2. The summed E-state index contributed by atoms with van der Waals surface area (Å²) in [6.45, 7) is 0. The summed E-state index contributed by atoms with van der Waals surface area (Å²) in [6, 6.07) is 9.38. The van der Waals surface area contributed by atoms with Crippen molar-refractivity contribution in [1.82, 2.24) is 0 Å². The third kappa shape index (κ3) is 3.88. The van der Waals surface area contributed by atoms with Gasteiger partial charge in [0.1, 0.15) is 5.82 Å². The van der Waals surface area contributed by atoms with Crippen LogP contribution in [0.25, 0.3) is 0 Å². The second-order valence-electron chi connectivity index (χ2n) is 4.28. The average molecular weight is 318 g/mol. The van der Waals surface area contributed by atoms with Crippen molar-refractivity contribution in [3.05, 3.63) is 69.5 Å². The molecule has 23 heavy (non-hydrogen) atoms. The molecule has 0 amide bonds. The molecular formula is C15H11FN2O5. The van der Waals surface area contributed by atoms with E-state index >= 15 is 0 Å². The third-order valence-electron chi connectivity index (χ3n) is 2.83. The number of hydrogen-bond donors (Lipinski definition) is 0. The van der Waals surface area contributed by atoms with Crippen LogP contribution in [0.4, 0.5) is 10.1 Å². The van der Waals surface area contributed by atoms with E-state index in [2.05, 4.69) is 9.99 Å². The number of nitro benzene ring substituents is 1. The number of benzene rings is 2. The second kappa shape index (κ2) is 7.12. The molecule has 0 radical (unpaired) electrons. The van der Waals surface area contributed by atoms with Crippen LogP contribution in [0.2, 0.25) is 0 Å². The minimum absolute atomic E-state index is 0.0931. The summed E-state index contributed by atoms with van der Waals surface area (Å²) in [6.07, 6.45) is 1.10. The van der Waals surface area contributed by atoms with Crippen LogP contribution in [0, 0.1) is 15.9 Å². The van der Waals surface area contributed by atoms with Crippen LogP contribution in [0.3, 0.4) is 0 Å². The highest BCUT2D eigenvalue weighted by Gasteiger charge is 2.15. The molecule has 0 saturated heterocycles. The highest BCUT2D eigenvalue weighted by atomic mass is 19.1. The lowest BCUT2D eigenvalue weighted by molar-refractivity contribution is -0.385. The Morgan fingerprint density at radius 1 is 1.30 bits per heavy atom. The molecule has 0 heterocycles. The maximum Gasteiger partial charge on any atom is 0.368 e. The van der Waals surface area contributed by atoms with Gasteiger partial charge in [-0.25, -0.2) is 9.18 Å². The molecule has 2 aromatic carbocycles. The van der Waals surface area contributed by atoms with Gasteiger partial charge in [0.15, 0.2) is 5.75 Å². The van der Waals surface area contributed by atoms with Crippen molar-refractivity contribution in [3.8, 4) is 5.75 Å². The van der Waals surface area contributed by atoms with Gasteiger partial charge in [0.2, 0.25) is 0 Å². The van der Waals surface area contributed by atoms with Gasteiger partial charge >= 0.3 is 11.7 Å². The van der Waals surface area contributed by atoms with Gasteiger partial charge in [-0.2, -0.15) is 0 Å². The lowest BCUT2D eigenvalue weighted by atomic mass is 10.2. The van der Waals surface area contributed by atoms with Crippen LogP contribution in [0.1, 0.15) is 15.9 Å². The van der Waals surface area contributed by atoms with Gasteiger partial charge in [0, 0.05) is 11.6 Å². The van der Waals surface area contributed by atoms with Gasteiger partial charge in [-0.15, -0.1) is 0 Å². The van der Waals surface area contributed by atoms with Crippen LogP contribution in [-0.2, 0) is 4.84 Å². The predicted octanol–water partition coefficient (Wildman–Crippen LogP) is 2.93. The second-order valence-corrected chi connectivity index (χ2v) is 4.28. The maximum atomic E-state index is 13.4. The fraction of sp³-hybridized carbons (Fsp3) is 0.0667. The van der Waals surface area contributed by atoms with Crippen molar-refractivity contribution in [3.63, 3.8) is 0 Å². The Labute approximate surface area is 130 Å². The van der Waals surface area contributed by atoms with Crippen LogP contribution >= 0.6 is 0 Å². The van der Waals surface area contributed by atoms with Crippen LogP contribution in [-0.4, -0.2) is 24.2 Å². The lowest BCUT2D eigenvalue weighted by Gasteiger charge is -2.02. The fourth-order valence-electron chi connectivity index (χ4n) is 1.74. The zero-order chi connectivity index (χ0) is 16.8. The molecule has 8 heteroatoms. The molecule has 0 aliphatic carbocycles. The SMILES string of the molecule is COc1ccc(/C=N\OC(=O)c2ccccc2F)cc1[N+](=O)[O-]. The van der Waals surface area contributed by atoms with Gasteiger partial charge in [-0.05, 0) is 24.3 Å². The van der Waals surface area contributed by atoms with Crippen LogP contribution < -0.4 is 4.74 Å². The number of nitro groups is 1. The molecule has 0 N–H and O–H groups in total. The number of methoxy groups -OCH3 is 1. The minimum atomic E-state index is -0.970. The number of ether oxygens (including phenoxy) is 1. The Balaban J connectivity index is 2.12. The maximum absolute atomic E-state index is 13.4. The van der Waals surface area contributed by atoms with E-state index in [1.807, 2.05) is 0 Å². The number of carbonyl (C=O) groups excluding carboxylic acids is 1. The standard InChI is InChI=1S/C15H11FN2O5/c1-22-14-7-6-10(8-13(14)18(20)21)9-17-23-15(19)11-4-2-3-5-12(11)16/h2-9H,1H3/b17-9-. The van der Waals surface area contributed by atoms with Crippen molar-refractivity contribution < 1.29 is 23.7 Å². The van der Waals surface area contributed by atoms with Gasteiger partial charge in [0.05, 0.1) is 23.8 Å². The van der Waals surface area contributed by atoms with Gasteiger partial charge in [-0.1, -0.05) is 17.3 Å². The average Bonchev–Trinajstić information content (AvgIpc) is 2.55. The molecule has 0 aromatic heterocycles. The Kier molecular flexibility index (Phi) is 4.98. The topological polar surface area (TPSA) is 91.0 Å². The molecule has 0 bridgehead atoms. The van der Waals surface area contributed by atoms with Crippen molar-refractivity contribution in [2.75, 3.05) is 7.11 Å². The monoisotopic (exact) mass is 318 g/mol. The van der Waals surface area contributed by atoms with Gasteiger partial charge in [0.25, 0.3) is 0 Å². The highest BCUT2D eigenvalue weighted by molar-refractivity contribution is 5.90. The molecule has 2 aromatic rings. The molecule has 0 saturated carbocycles. The molecular weight excluding hydrogens is 307 g/mol. The quantitative estimate of drug-likeness (QED) is 0.366. The van der Waals surface area contributed by atoms with E-state index < -0.39 is 16.7 Å². The first-order chi connectivity index (χ1) is 11.0. The lowest BCUT2D eigenvalue weighted by Crippen LogP contribution is -2.04. The van der Waals surface area contributed by atoms with Crippen molar-refractivity contribution in [1.29, 1.82) is 0 Å². The van der Waals surface area contributed by atoms with Crippen LogP contribution in [0.5, 0.6) is 5.75 Å². The van der Waals surface area contributed by atoms with E-state index in [4.69, 9.17) is 4.74 Å². The van der Waals surface area contributed by atoms with Crippen molar-refractivity contribution >= 4 is 17.9 Å². The normalized spacial score (nSPS) is 10.5. The Morgan fingerprint density at radius 3 is 2.70 bits per heavy atom. The number of rotatable bonds is 5. The molecule has 0 spiro atoms. The highest BCUT2D eigenvalue weighted by Crippen LogP contribution is 2.26. The minimum Gasteiger partial charge on any atom is -0.490 e. The first-order valence-electron chi connectivity index (χ1n) is 6.34. The molecule has 0 aliphatic rings. The molecule has 0 atom stereocenters. The number of halogens is 1. The Hall–Kier alpha value is -3.29. The van der Waals surface area contributed by atoms with E-state index in [-0.39, 0.29) is 17.0 Å². The molecule has 7 nitrogen and oxygen atoms in total. The van der Waals surface area contributed by atoms with Crippen LogP contribution in [0.15, 0.2) is 47.6 Å².